The molecule has 40 heavy (non-hydrogen) atoms. The lowest BCUT2D eigenvalue weighted by Gasteiger charge is -2.04. The van der Waals surface area contributed by atoms with Crippen molar-refractivity contribution in [3.8, 4) is 0 Å². The molecule has 5 heteroatoms. The number of aliphatic hydroxyl groups is 5. The van der Waals surface area contributed by atoms with E-state index in [-0.39, 0.29) is 30.5 Å². The van der Waals surface area contributed by atoms with Gasteiger partial charge in [-0.2, -0.15) is 0 Å². The van der Waals surface area contributed by atoms with Crippen LogP contribution in [0, 0.1) is 53.3 Å². The summed E-state index contributed by atoms with van der Waals surface area (Å²) < 4.78 is 0. The highest BCUT2D eigenvalue weighted by molar-refractivity contribution is 5.11. The SMILES string of the molecule is CC1=C[C@H](O)[C@H](C)C1.CC1CC(O)[C@H](C)C1.CC1C[C@@H](C)[C@@H](O)C1.C[C@@H]1CC(O)[C@H](C)C1.C[C@H]1C[C@@H](C)[C@@H](O)C1. The lowest BCUT2D eigenvalue weighted by Crippen LogP contribution is -2.07. The third-order valence-electron chi connectivity index (χ3n) is 9.98. The van der Waals surface area contributed by atoms with E-state index in [9.17, 15) is 0 Å². The van der Waals surface area contributed by atoms with Crippen molar-refractivity contribution in [1.82, 2.24) is 0 Å². The Morgan fingerprint density at radius 3 is 0.725 bits per heavy atom. The van der Waals surface area contributed by atoms with Gasteiger partial charge in [0.25, 0.3) is 0 Å². The van der Waals surface area contributed by atoms with Gasteiger partial charge in [0.05, 0.1) is 30.5 Å². The van der Waals surface area contributed by atoms with Crippen LogP contribution in [0.1, 0.15) is 127 Å². The first kappa shape index (κ1) is 37.6. The Morgan fingerprint density at radius 2 is 0.675 bits per heavy atom. The molecule has 0 aliphatic heterocycles. The van der Waals surface area contributed by atoms with Crippen molar-refractivity contribution in [2.24, 2.45) is 53.3 Å². The number of allylic oxidation sites excluding steroid dienone is 1. The van der Waals surface area contributed by atoms with E-state index in [2.05, 4.69) is 69.2 Å². The zero-order valence-corrected chi connectivity index (χ0v) is 27.8. The fourth-order valence-corrected chi connectivity index (χ4v) is 7.28. The average molecular weight is 569 g/mol. The minimum Gasteiger partial charge on any atom is -0.393 e. The molecule has 5 aliphatic carbocycles. The molecule has 0 saturated heterocycles. The number of aliphatic hydroxyl groups excluding tert-OH is 5. The van der Waals surface area contributed by atoms with Gasteiger partial charge in [0, 0.05) is 0 Å². The topological polar surface area (TPSA) is 101 Å². The molecule has 4 saturated carbocycles. The Labute approximate surface area is 247 Å². The van der Waals surface area contributed by atoms with Crippen LogP contribution in [0.5, 0.6) is 0 Å². The van der Waals surface area contributed by atoms with Gasteiger partial charge in [-0.15, -0.1) is 0 Å². The highest BCUT2D eigenvalue weighted by Gasteiger charge is 2.28. The van der Waals surface area contributed by atoms with Crippen LogP contribution in [0.3, 0.4) is 0 Å². The molecule has 4 unspecified atom stereocenters. The summed E-state index contributed by atoms with van der Waals surface area (Å²) in [6, 6.07) is 0. The van der Waals surface area contributed by atoms with Gasteiger partial charge < -0.3 is 25.5 Å². The monoisotopic (exact) mass is 569 g/mol. The standard InChI is InChI=1S/4C7H14O.C7H12O/c5*1-5-3-6(2)7(8)4-5/h4*5-8H,3-4H2,1-2H3;4,6-8H,3H2,1-2H3/t5?,6-,7?;5?,6-,7+;5-,6+,7?;5-,6+,7-;6-,7+/m11001/s1. The second-order valence-corrected chi connectivity index (χ2v) is 15.2. The largest absolute Gasteiger partial charge is 0.393 e. The van der Waals surface area contributed by atoms with Gasteiger partial charge in [-0.3, -0.25) is 0 Å². The molecule has 0 radical (unpaired) electrons. The first-order chi connectivity index (χ1) is 18.5. The smallest absolute Gasteiger partial charge is 0.0751 e. The van der Waals surface area contributed by atoms with Gasteiger partial charge in [0.1, 0.15) is 0 Å². The van der Waals surface area contributed by atoms with Crippen LogP contribution >= 0.6 is 0 Å². The van der Waals surface area contributed by atoms with Crippen molar-refractivity contribution < 1.29 is 25.5 Å². The molecule has 238 valence electrons. The summed E-state index contributed by atoms with van der Waals surface area (Å²) in [4.78, 5) is 0. The molecule has 0 aromatic rings. The second-order valence-electron chi connectivity index (χ2n) is 15.2. The Kier molecular flexibility index (Phi) is 17.1. The van der Waals surface area contributed by atoms with Gasteiger partial charge >= 0.3 is 0 Å². The minimum atomic E-state index is -0.171. The third kappa shape index (κ3) is 14.1. The molecule has 5 aliphatic rings. The molecule has 5 N–H and O–H groups in total. The summed E-state index contributed by atoms with van der Waals surface area (Å²) in [7, 11) is 0. The van der Waals surface area contributed by atoms with Gasteiger partial charge in [-0.25, -0.2) is 0 Å². The van der Waals surface area contributed by atoms with Crippen molar-refractivity contribution in [3.63, 3.8) is 0 Å². The summed E-state index contributed by atoms with van der Waals surface area (Å²) in [5.41, 5.74) is 1.32. The zero-order chi connectivity index (χ0) is 30.7. The number of rotatable bonds is 0. The summed E-state index contributed by atoms with van der Waals surface area (Å²) >= 11 is 0. The predicted molar refractivity (Wildman–Crippen MR) is 168 cm³/mol. The van der Waals surface area contributed by atoms with Crippen molar-refractivity contribution in [3.05, 3.63) is 11.6 Å². The third-order valence-corrected chi connectivity index (χ3v) is 9.98. The van der Waals surface area contributed by atoms with E-state index in [1.165, 1.54) is 31.3 Å². The van der Waals surface area contributed by atoms with Gasteiger partial charge in [0.15, 0.2) is 0 Å². The summed E-state index contributed by atoms with van der Waals surface area (Å²) in [5.74, 6) is 5.64. The molecule has 0 spiro atoms. The number of hydrogen-bond acceptors (Lipinski definition) is 5. The van der Waals surface area contributed by atoms with E-state index in [0.717, 1.165) is 55.8 Å². The molecule has 0 bridgehead atoms. The van der Waals surface area contributed by atoms with Gasteiger partial charge in [-0.05, 0) is 118 Å². The highest BCUT2D eigenvalue weighted by Crippen LogP contribution is 2.32. The van der Waals surface area contributed by atoms with E-state index in [1.54, 1.807) is 0 Å². The van der Waals surface area contributed by atoms with Crippen molar-refractivity contribution in [2.75, 3.05) is 0 Å². The van der Waals surface area contributed by atoms with Crippen molar-refractivity contribution in [2.45, 2.75) is 158 Å². The molecule has 0 amide bonds. The Bertz CT molecular complexity index is 582. The van der Waals surface area contributed by atoms with Crippen LogP contribution in [0.25, 0.3) is 0 Å². The Morgan fingerprint density at radius 1 is 0.425 bits per heavy atom. The van der Waals surface area contributed by atoms with Crippen LogP contribution in [0.15, 0.2) is 11.6 Å². The van der Waals surface area contributed by atoms with Crippen molar-refractivity contribution >= 4 is 0 Å². The quantitative estimate of drug-likeness (QED) is 0.203. The maximum atomic E-state index is 9.17. The van der Waals surface area contributed by atoms with Gasteiger partial charge in [0.2, 0.25) is 0 Å². The molecule has 0 heterocycles. The Balaban J connectivity index is 0.000000250. The normalized spacial score (nSPS) is 45.6. The predicted octanol–water partition coefficient (Wildman–Crippen LogP) is 6.99. The lowest BCUT2D eigenvalue weighted by molar-refractivity contribution is 0.139. The maximum Gasteiger partial charge on any atom is 0.0751 e. The minimum absolute atomic E-state index is 0.00926. The summed E-state index contributed by atoms with van der Waals surface area (Å²) in [6.45, 7) is 21.4. The van der Waals surface area contributed by atoms with E-state index in [1.807, 2.05) is 6.08 Å². The van der Waals surface area contributed by atoms with E-state index in [0.29, 0.717) is 29.6 Å². The maximum absolute atomic E-state index is 9.17. The van der Waals surface area contributed by atoms with Crippen molar-refractivity contribution in [1.29, 1.82) is 0 Å². The van der Waals surface area contributed by atoms with Crippen LogP contribution in [-0.2, 0) is 0 Å². The zero-order valence-electron chi connectivity index (χ0n) is 27.8. The highest BCUT2D eigenvalue weighted by atomic mass is 16.3. The summed E-state index contributed by atoms with van der Waals surface area (Å²) in [5, 5.41) is 45.8. The molecule has 4 fully saturated rings. The fraction of sp³-hybridized carbons (Fsp3) is 0.943. The number of hydrogen-bond donors (Lipinski definition) is 5. The fourth-order valence-electron chi connectivity index (χ4n) is 7.28. The molecule has 0 aromatic carbocycles. The van der Waals surface area contributed by atoms with Crippen LogP contribution in [-0.4, -0.2) is 56.1 Å². The van der Waals surface area contributed by atoms with Crippen LogP contribution in [0.4, 0.5) is 0 Å². The first-order valence-electron chi connectivity index (χ1n) is 16.6. The summed E-state index contributed by atoms with van der Waals surface area (Å²) in [6.07, 6.45) is 11.7. The van der Waals surface area contributed by atoms with Crippen LogP contribution in [0.2, 0.25) is 0 Å². The molecule has 0 aromatic heterocycles. The molecular weight excluding hydrogens is 500 g/mol. The first-order valence-corrected chi connectivity index (χ1v) is 16.6. The molecule has 5 nitrogen and oxygen atoms in total. The second kappa shape index (κ2) is 18.3. The molecular formula is C35H68O5. The molecule has 5 rings (SSSR count). The van der Waals surface area contributed by atoms with Gasteiger partial charge in [-0.1, -0.05) is 74.0 Å². The Hall–Kier alpha value is -0.460. The van der Waals surface area contributed by atoms with E-state index >= 15 is 0 Å². The van der Waals surface area contributed by atoms with Crippen LogP contribution < -0.4 is 0 Å². The van der Waals surface area contributed by atoms with E-state index < -0.39 is 0 Å². The van der Waals surface area contributed by atoms with E-state index in [4.69, 9.17) is 25.5 Å². The lowest BCUT2D eigenvalue weighted by atomic mass is 10.1. The molecule has 14 atom stereocenters. The average Bonchev–Trinajstić information content (AvgIpc) is 3.56.